The minimum absolute atomic E-state index is 0.0147. The molecule has 0 spiro atoms. The average molecular weight is 308 g/mol. The van der Waals surface area contributed by atoms with E-state index in [1.807, 2.05) is 27.7 Å². The van der Waals surface area contributed by atoms with Crippen LogP contribution in [0.1, 0.15) is 54.4 Å². The Hall–Kier alpha value is -1.26. The molecule has 0 heterocycles. The van der Waals surface area contributed by atoms with Crippen molar-refractivity contribution >= 4 is 5.97 Å². The van der Waals surface area contributed by atoms with Gasteiger partial charge in [0.1, 0.15) is 0 Å². The highest BCUT2D eigenvalue weighted by Gasteiger charge is 2.38. The third-order valence-corrected chi connectivity index (χ3v) is 3.27. The van der Waals surface area contributed by atoms with Gasteiger partial charge in [0.05, 0.1) is 0 Å². The molecule has 1 rings (SSSR count). The number of allylic oxidation sites excluding steroid dienone is 3. The Labute approximate surface area is 125 Å². The van der Waals surface area contributed by atoms with Crippen LogP contribution in [0.2, 0.25) is 0 Å². The molecule has 0 aromatic heterocycles. The number of halogens is 3. The van der Waals surface area contributed by atoms with Crippen molar-refractivity contribution in [2.75, 3.05) is 0 Å². The molecule has 0 bridgehead atoms. The van der Waals surface area contributed by atoms with Gasteiger partial charge in [0.15, 0.2) is 0 Å². The first-order valence-electron chi connectivity index (χ1n) is 7.21. The number of carboxylic acids is 1. The lowest BCUT2D eigenvalue weighted by Gasteiger charge is -2.14. The van der Waals surface area contributed by atoms with Crippen LogP contribution in [-0.2, 0) is 4.79 Å². The molecule has 1 fully saturated rings. The minimum atomic E-state index is -4.21. The van der Waals surface area contributed by atoms with Gasteiger partial charge in [-0.1, -0.05) is 41.2 Å². The maximum atomic E-state index is 12.5. The highest BCUT2D eigenvalue weighted by Crippen LogP contribution is 2.44. The van der Waals surface area contributed by atoms with E-state index in [0.29, 0.717) is 11.1 Å². The molecule has 124 valence electrons. The molecule has 1 aliphatic rings. The Bertz CT molecular complexity index is 381. The van der Waals surface area contributed by atoms with Crippen LogP contribution in [0.25, 0.3) is 0 Å². The van der Waals surface area contributed by atoms with Crippen molar-refractivity contribution in [3.8, 4) is 0 Å². The van der Waals surface area contributed by atoms with Crippen LogP contribution >= 0.6 is 0 Å². The summed E-state index contributed by atoms with van der Waals surface area (Å²) >= 11 is 0. The van der Waals surface area contributed by atoms with Crippen molar-refractivity contribution in [1.82, 2.24) is 0 Å². The van der Waals surface area contributed by atoms with Crippen LogP contribution in [0.4, 0.5) is 13.2 Å². The smallest absolute Gasteiger partial charge is 0.412 e. The van der Waals surface area contributed by atoms with Gasteiger partial charge in [0.2, 0.25) is 0 Å². The summed E-state index contributed by atoms with van der Waals surface area (Å²) in [5, 5.41) is 7.72. The predicted octanol–water partition coefficient (Wildman–Crippen LogP) is 5.60. The predicted molar refractivity (Wildman–Crippen MR) is 80.1 cm³/mol. The first-order chi connectivity index (χ1) is 9.52. The first-order valence-corrected chi connectivity index (χ1v) is 7.21. The van der Waals surface area contributed by atoms with E-state index in [-0.39, 0.29) is 18.3 Å². The van der Waals surface area contributed by atoms with Crippen LogP contribution in [0.3, 0.4) is 0 Å². The second-order valence-corrected chi connectivity index (χ2v) is 4.85. The van der Waals surface area contributed by atoms with E-state index in [0.717, 1.165) is 13.3 Å². The van der Waals surface area contributed by atoms with Gasteiger partial charge in [-0.3, -0.25) is 4.79 Å². The lowest BCUT2D eigenvalue weighted by atomic mass is 9.97. The fraction of sp³-hybridized carbons (Fsp3) is 0.688. The third-order valence-electron chi connectivity index (χ3n) is 3.27. The zero-order valence-electron chi connectivity index (χ0n) is 13.8. The Morgan fingerprint density at radius 1 is 1.29 bits per heavy atom. The van der Waals surface area contributed by atoms with E-state index in [2.05, 4.69) is 6.58 Å². The summed E-state index contributed by atoms with van der Waals surface area (Å²) in [6.07, 6.45) is -3.21. The zero-order valence-corrected chi connectivity index (χ0v) is 13.8. The van der Waals surface area contributed by atoms with Gasteiger partial charge in [-0.2, -0.15) is 13.2 Å². The van der Waals surface area contributed by atoms with Crippen molar-refractivity contribution in [3.63, 3.8) is 0 Å². The monoisotopic (exact) mass is 308 g/mol. The standard InChI is InChI=1S/C11H15F3.C3H6O2.C2H6/c1-6-5-7(2)10(8(6)3)9(4)11(12,13)14;1-2-3(4)5;1-2/h6-7H,3,5H2,1-2,4H3;2H2,1H3,(H,4,5);1-2H3/b10-9+;;. The first kappa shape index (κ1) is 22.0. The van der Waals surface area contributed by atoms with Crippen LogP contribution in [0.5, 0.6) is 0 Å². The Morgan fingerprint density at radius 3 is 1.86 bits per heavy atom. The summed E-state index contributed by atoms with van der Waals surface area (Å²) in [6.45, 7) is 14.2. The van der Waals surface area contributed by atoms with Gasteiger partial charge >= 0.3 is 12.1 Å². The summed E-state index contributed by atoms with van der Waals surface area (Å²) in [5.41, 5.74) is 0.608. The van der Waals surface area contributed by atoms with E-state index in [1.165, 1.54) is 0 Å². The number of alkyl halides is 3. The van der Waals surface area contributed by atoms with Gasteiger partial charge < -0.3 is 5.11 Å². The van der Waals surface area contributed by atoms with Crippen LogP contribution < -0.4 is 0 Å². The van der Waals surface area contributed by atoms with Crippen molar-refractivity contribution in [1.29, 1.82) is 0 Å². The average Bonchev–Trinajstić information content (AvgIpc) is 2.64. The van der Waals surface area contributed by atoms with Gasteiger partial charge in [-0.05, 0) is 36.3 Å². The van der Waals surface area contributed by atoms with E-state index in [1.54, 1.807) is 6.92 Å². The molecule has 2 atom stereocenters. The number of carboxylic acid groups (broad SMARTS) is 1. The molecule has 1 saturated carbocycles. The Balaban J connectivity index is 0. The SMILES string of the molecule is C=C1/C(=C(\C)C(F)(F)F)C(C)CC1C.CC.CCC(=O)O. The molecule has 0 aromatic carbocycles. The van der Waals surface area contributed by atoms with Crippen LogP contribution in [0, 0.1) is 11.8 Å². The van der Waals surface area contributed by atoms with Crippen LogP contribution in [-0.4, -0.2) is 17.3 Å². The lowest BCUT2D eigenvalue weighted by Crippen LogP contribution is -2.13. The molecule has 1 N–H and O–H groups in total. The molecule has 2 unspecified atom stereocenters. The number of aliphatic carboxylic acids is 1. The third kappa shape index (κ3) is 7.34. The van der Waals surface area contributed by atoms with Crippen LogP contribution in [0.15, 0.2) is 23.3 Å². The van der Waals surface area contributed by atoms with E-state index >= 15 is 0 Å². The lowest BCUT2D eigenvalue weighted by molar-refractivity contribution is -0.136. The van der Waals surface area contributed by atoms with Crippen molar-refractivity contribution in [2.45, 2.75) is 60.6 Å². The van der Waals surface area contributed by atoms with Crippen molar-refractivity contribution < 1.29 is 23.1 Å². The summed E-state index contributed by atoms with van der Waals surface area (Å²) in [4.78, 5) is 9.37. The van der Waals surface area contributed by atoms with Gasteiger partial charge in [-0.25, -0.2) is 0 Å². The molecule has 0 amide bonds. The molecule has 2 nitrogen and oxygen atoms in total. The summed E-state index contributed by atoms with van der Waals surface area (Å²) in [5.74, 6) is -0.582. The van der Waals surface area contributed by atoms with Crippen molar-refractivity contribution in [3.05, 3.63) is 23.3 Å². The fourth-order valence-electron chi connectivity index (χ4n) is 2.14. The number of hydrogen-bond donors (Lipinski definition) is 1. The maximum Gasteiger partial charge on any atom is 0.412 e. The Kier molecular flexibility index (Phi) is 10.1. The molecule has 0 radical (unpaired) electrons. The molecule has 5 heteroatoms. The van der Waals surface area contributed by atoms with Gasteiger partial charge in [0, 0.05) is 12.0 Å². The molecule has 1 aliphatic carbocycles. The number of hydrogen-bond acceptors (Lipinski definition) is 1. The van der Waals surface area contributed by atoms with E-state index in [9.17, 15) is 18.0 Å². The van der Waals surface area contributed by atoms with Gasteiger partial charge in [-0.15, -0.1) is 0 Å². The molecule has 0 aliphatic heterocycles. The summed E-state index contributed by atoms with van der Waals surface area (Å²) in [7, 11) is 0. The molecular formula is C16H27F3O2. The summed E-state index contributed by atoms with van der Waals surface area (Å²) < 4.78 is 37.4. The maximum absolute atomic E-state index is 12.5. The molecule has 0 saturated heterocycles. The fourth-order valence-corrected chi connectivity index (χ4v) is 2.14. The van der Waals surface area contributed by atoms with E-state index < -0.39 is 17.7 Å². The normalized spacial score (nSPS) is 23.6. The Morgan fingerprint density at radius 2 is 1.67 bits per heavy atom. The van der Waals surface area contributed by atoms with Crippen molar-refractivity contribution in [2.24, 2.45) is 11.8 Å². The van der Waals surface area contributed by atoms with Gasteiger partial charge in [0.25, 0.3) is 0 Å². The largest absolute Gasteiger partial charge is 0.481 e. The summed E-state index contributed by atoms with van der Waals surface area (Å²) in [6, 6.07) is 0. The minimum Gasteiger partial charge on any atom is -0.481 e. The molecule has 21 heavy (non-hydrogen) atoms. The quantitative estimate of drug-likeness (QED) is 0.684. The zero-order chi connectivity index (χ0) is 17.4. The molecule has 0 aromatic rings. The second kappa shape index (κ2) is 9.64. The number of rotatable bonds is 1. The highest BCUT2D eigenvalue weighted by atomic mass is 19.4. The number of carbonyl (C=O) groups is 1. The topological polar surface area (TPSA) is 37.3 Å². The van der Waals surface area contributed by atoms with E-state index in [4.69, 9.17) is 5.11 Å². The highest BCUT2D eigenvalue weighted by molar-refractivity contribution is 5.66. The molecular weight excluding hydrogens is 281 g/mol. The second-order valence-electron chi connectivity index (χ2n) is 4.85.